The molecule has 0 saturated heterocycles. The van der Waals surface area contributed by atoms with Gasteiger partial charge in [-0.3, -0.25) is 9.59 Å². The van der Waals surface area contributed by atoms with Gasteiger partial charge in [0.05, 0.1) is 25.4 Å². The number of rotatable bonds is 49. The van der Waals surface area contributed by atoms with E-state index in [-0.39, 0.29) is 18.5 Å². The normalized spacial score (nSPS) is 12.6. The van der Waals surface area contributed by atoms with Crippen LogP contribution >= 0.6 is 0 Å². The van der Waals surface area contributed by atoms with Crippen molar-refractivity contribution in [3.63, 3.8) is 0 Å². The second-order valence-corrected chi connectivity index (χ2v) is 18.2. The molecule has 0 aromatic rings. The first-order valence-electron chi connectivity index (χ1n) is 26.3. The molecule has 0 aliphatic carbocycles. The van der Waals surface area contributed by atoms with Crippen molar-refractivity contribution < 1.29 is 24.5 Å². The largest absolute Gasteiger partial charge is 0.466 e. The minimum Gasteiger partial charge on any atom is -0.466 e. The van der Waals surface area contributed by atoms with Crippen LogP contribution in [0.5, 0.6) is 0 Å². The van der Waals surface area contributed by atoms with E-state index in [0.717, 1.165) is 38.5 Å². The summed E-state index contributed by atoms with van der Waals surface area (Å²) in [6, 6.07) is -0.539. The molecule has 6 nitrogen and oxygen atoms in total. The van der Waals surface area contributed by atoms with Gasteiger partial charge >= 0.3 is 5.97 Å². The van der Waals surface area contributed by atoms with E-state index >= 15 is 0 Å². The highest BCUT2D eigenvalue weighted by atomic mass is 16.5. The van der Waals surface area contributed by atoms with Crippen LogP contribution in [-0.4, -0.2) is 47.4 Å². The third-order valence-corrected chi connectivity index (χ3v) is 12.4. The number of ether oxygens (including phenoxy) is 1. The molecular weight excluding hydrogens is 719 g/mol. The lowest BCUT2D eigenvalue weighted by Crippen LogP contribution is -2.45. The number of carbonyl (C=O) groups is 2. The molecule has 0 aromatic carbocycles. The molecule has 0 heterocycles. The molecule has 0 aliphatic heterocycles. The van der Waals surface area contributed by atoms with Crippen LogP contribution in [0, 0.1) is 0 Å². The van der Waals surface area contributed by atoms with Crippen LogP contribution in [0.15, 0.2) is 0 Å². The van der Waals surface area contributed by atoms with Gasteiger partial charge in [-0.15, -0.1) is 0 Å². The molecule has 2 atom stereocenters. The molecule has 2 unspecified atom stereocenters. The van der Waals surface area contributed by atoms with Gasteiger partial charge in [-0.1, -0.05) is 258 Å². The highest BCUT2D eigenvalue weighted by Gasteiger charge is 2.20. The SMILES string of the molecule is CCCCCCCCCCCCCCCC(=O)OCCCCCCCCCCCCCCCCCCCCCC(=O)NC(CO)C(O)CCCCCCCCCCC. The van der Waals surface area contributed by atoms with Gasteiger partial charge < -0.3 is 20.3 Å². The molecule has 0 aromatic heterocycles. The average molecular weight is 822 g/mol. The first kappa shape index (κ1) is 56.9. The molecule has 0 rings (SSSR count). The van der Waals surface area contributed by atoms with Gasteiger partial charge in [0.2, 0.25) is 5.91 Å². The molecule has 58 heavy (non-hydrogen) atoms. The third-order valence-electron chi connectivity index (χ3n) is 12.4. The van der Waals surface area contributed by atoms with Crippen LogP contribution < -0.4 is 5.32 Å². The van der Waals surface area contributed by atoms with E-state index in [1.54, 1.807) is 0 Å². The van der Waals surface area contributed by atoms with Gasteiger partial charge in [0, 0.05) is 12.8 Å². The molecule has 0 bridgehead atoms. The predicted molar refractivity (Wildman–Crippen MR) is 250 cm³/mol. The van der Waals surface area contributed by atoms with Gasteiger partial charge in [-0.25, -0.2) is 0 Å². The fraction of sp³-hybridized carbons (Fsp3) is 0.962. The Balaban J connectivity index is 3.35. The molecular formula is C52H103NO5. The predicted octanol–water partition coefficient (Wildman–Crippen LogP) is 15.6. The summed E-state index contributed by atoms with van der Waals surface area (Å²) in [5.41, 5.74) is 0. The number of amides is 1. The van der Waals surface area contributed by atoms with Crippen molar-refractivity contribution in [2.24, 2.45) is 0 Å². The van der Waals surface area contributed by atoms with Gasteiger partial charge in [-0.2, -0.15) is 0 Å². The van der Waals surface area contributed by atoms with Crippen LogP contribution in [0.3, 0.4) is 0 Å². The second-order valence-electron chi connectivity index (χ2n) is 18.2. The zero-order valence-corrected chi connectivity index (χ0v) is 39.3. The number of nitrogens with one attached hydrogen (secondary N) is 1. The lowest BCUT2D eigenvalue weighted by Gasteiger charge is -2.22. The summed E-state index contributed by atoms with van der Waals surface area (Å²) in [5, 5.41) is 23.1. The fourth-order valence-electron chi connectivity index (χ4n) is 8.35. The monoisotopic (exact) mass is 822 g/mol. The lowest BCUT2D eigenvalue weighted by atomic mass is 10.0. The molecule has 3 N–H and O–H groups in total. The summed E-state index contributed by atoms with van der Waals surface area (Å²) in [6.07, 6.45) is 53.7. The Morgan fingerprint density at radius 1 is 0.414 bits per heavy atom. The molecule has 346 valence electrons. The number of unbranched alkanes of at least 4 members (excludes halogenated alkanes) is 38. The van der Waals surface area contributed by atoms with Crippen LogP contribution in [0.2, 0.25) is 0 Å². The maximum Gasteiger partial charge on any atom is 0.305 e. The highest BCUT2D eigenvalue weighted by molar-refractivity contribution is 5.76. The van der Waals surface area contributed by atoms with Crippen molar-refractivity contribution >= 4 is 11.9 Å². The lowest BCUT2D eigenvalue weighted by molar-refractivity contribution is -0.143. The number of aliphatic hydroxyl groups excluding tert-OH is 2. The van der Waals surface area contributed by atoms with E-state index in [0.29, 0.717) is 25.9 Å². The smallest absolute Gasteiger partial charge is 0.305 e. The zero-order valence-electron chi connectivity index (χ0n) is 39.3. The van der Waals surface area contributed by atoms with Crippen molar-refractivity contribution in [1.29, 1.82) is 0 Å². The number of hydrogen-bond acceptors (Lipinski definition) is 5. The molecule has 0 fully saturated rings. The Kier molecular flexibility index (Phi) is 47.6. The maximum absolute atomic E-state index is 12.4. The summed E-state index contributed by atoms with van der Waals surface area (Å²) in [6.45, 7) is 4.94. The standard InChI is InChI=1S/C52H103NO5/c1-3-5-7-9-11-13-14-22-26-30-34-38-42-46-52(57)58-47-43-39-35-31-27-24-21-19-17-15-16-18-20-23-25-29-33-37-41-45-51(56)53-49(48-54)50(55)44-40-36-32-28-12-10-8-6-4-2/h49-50,54-55H,3-48H2,1-2H3,(H,53,56). The van der Waals surface area contributed by atoms with Crippen molar-refractivity contribution in [1.82, 2.24) is 5.32 Å². The minimum atomic E-state index is -0.662. The number of hydrogen-bond donors (Lipinski definition) is 3. The van der Waals surface area contributed by atoms with E-state index in [1.807, 2.05) is 0 Å². The van der Waals surface area contributed by atoms with Crippen LogP contribution in [-0.2, 0) is 14.3 Å². The Morgan fingerprint density at radius 2 is 0.707 bits per heavy atom. The summed E-state index contributed by atoms with van der Waals surface area (Å²) in [4.78, 5) is 24.4. The third kappa shape index (κ3) is 44.4. The Morgan fingerprint density at radius 3 is 1.05 bits per heavy atom. The summed E-state index contributed by atoms with van der Waals surface area (Å²) < 4.78 is 5.47. The van der Waals surface area contributed by atoms with Gasteiger partial charge in [0.25, 0.3) is 0 Å². The maximum atomic E-state index is 12.4. The topological polar surface area (TPSA) is 95.9 Å². The van der Waals surface area contributed by atoms with Gasteiger partial charge in [-0.05, 0) is 25.7 Å². The molecule has 1 amide bonds. The van der Waals surface area contributed by atoms with Crippen LogP contribution in [0.4, 0.5) is 0 Å². The minimum absolute atomic E-state index is 0.0108. The Hall–Kier alpha value is -1.14. The van der Waals surface area contributed by atoms with Crippen molar-refractivity contribution in [2.45, 2.75) is 309 Å². The first-order chi connectivity index (χ1) is 28.5. The van der Waals surface area contributed by atoms with Crippen molar-refractivity contribution in [3.8, 4) is 0 Å². The van der Waals surface area contributed by atoms with Crippen LogP contribution in [0.25, 0.3) is 0 Å². The summed E-state index contributed by atoms with van der Waals surface area (Å²) in [5.74, 6) is -0.0283. The van der Waals surface area contributed by atoms with E-state index in [9.17, 15) is 19.8 Å². The summed E-state index contributed by atoms with van der Waals surface area (Å²) >= 11 is 0. The van der Waals surface area contributed by atoms with Crippen molar-refractivity contribution in [2.75, 3.05) is 13.2 Å². The average Bonchev–Trinajstić information content (AvgIpc) is 3.22. The second kappa shape index (κ2) is 48.5. The molecule has 0 radical (unpaired) electrons. The zero-order chi connectivity index (χ0) is 42.3. The Bertz CT molecular complexity index is 822. The quantitative estimate of drug-likeness (QED) is 0.0420. The van der Waals surface area contributed by atoms with E-state index in [4.69, 9.17) is 4.74 Å². The first-order valence-corrected chi connectivity index (χ1v) is 26.3. The van der Waals surface area contributed by atoms with Gasteiger partial charge in [0.1, 0.15) is 0 Å². The fourth-order valence-corrected chi connectivity index (χ4v) is 8.35. The number of aliphatic hydroxyl groups is 2. The Labute approximate surface area is 362 Å². The van der Waals surface area contributed by atoms with Crippen molar-refractivity contribution in [3.05, 3.63) is 0 Å². The summed E-state index contributed by atoms with van der Waals surface area (Å²) in [7, 11) is 0. The number of carbonyl (C=O) groups excluding carboxylic acids is 2. The highest BCUT2D eigenvalue weighted by Crippen LogP contribution is 2.17. The number of esters is 1. The molecule has 0 saturated carbocycles. The van der Waals surface area contributed by atoms with E-state index in [2.05, 4.69) is 19.2 Å². The van der Waals surface area contributed by atoms with Crippen LogP contribution in [0.1, 0.15) is 296 Å². The van der Waals surface area contributed by atoms with Gasteiger partial charge in [0.15, 0.2) is 0 Å². The molecule has 6 heteroatoms. The molecule has 0 aliphatic rings. The molecule has 0 spiro atoms. The van der Waals surface area contributed by atoms with E-state index in [1.165, 1.54) is 225 Å². The van der Waals surface area contributed by atoms with E-state index < -0.39 is 12.1 Å².